The van der Waals surface area contributed by atoms with E-state index in [1.807, 2.05) is 18.2 Å². The molecule has 1 saturated heterocycles. The first-order chi connectivity index (χ1) is 10.1. The fraction of sp³-hybridized carbons (Fsp3) is 0.467. The fourth-order valence-corrected chi connectivity index (χ4v) is 2.78. The van der Waals surface area contributed by atoms with E-state index < -0.39 is 6.04 Å². The van der Waals surface area contributed by atoms with Gasteiger partial charge in [-0.25, -0.2) is 0 Å². The zero-order valence-electron chi connectivity index (χ0n) is 12.5. The van der Waals surface area contributed by atoms with Gasteiger partial charge in [0.25, 0.3) is 0 Å². The van der Waals surface area contributed by atoms with E-state index in [2.05, 4.69) is 0 Å². The summed E-state index contributed by atoms with van der Waals surface area (Å²) in [6, 6.07) is 6.84. The number of benzene rings is 1. The van der Waals surface area contributed by atoms with Crippen LogP contribution in [0.1, 0.15) is 19.3 Å². The predicted molar refractivity (Wildman–Crippen MR) is 90.5 cm³/mol. The second-order valence-electron chi connectivity index (χ2n) is 5.14. The Bertz CT molecular complexity index is 539. The molecule has 0 radical (unpaired) electrons. The summed E-state index contributed by atoms with van der Waals surface area (Å²) in [5, 5.41) is 0.545. The lowest BCUT2D eigenvalue weighted by molar-refractivity contribution is -0.136. The molecule has 1 fully saturated rings. The van der Waals surface area contributed by atoms with Gasteiger partial charge in [0, 0.05) is 20.0 Å². The van der Waals surface area contributed by atoms with Crippen LogP contribution in [0, 0.1) is 0 Å². The average molecular weight is 346 g/mol. The van der Waals surface area contributed by atoms with E-state index in [0.717, 1.165) is 0 Å². The molecule has 0 aliphatic carbocycles. The number of rotatable bonds is 5. The first kappa shape index (κ1) is 18.7. The third kappa shape index (κ3) is 3.91. The maximum atomic E-state index is 12.5. The summed E-state index contributed by atoms with van der Waals surface area (Å²) in [5.74, 6) is -0.119. The van der Waals surface area contributed by atoms with Gasteiger partial charge in [0.2, 0.25) is 11.8 Å². The first-order valence-electron chi connectivity index (χ1n) is 7.08. The van der Waals surface area contributed by atoms with E-state index in [-0.39, 0.29) is 24.2 Å². The molecule has 1 heterocycles. The molecule has 0 aromatic heterocycles. The van der Waals surface area contributed by atoms with E-state index in [1.54, 1.807) is 18.0 Å². The van der Waals surface area contributed by atoms with Crippen LogP contribution in [0.5, 0.6) is 0 Å². The Morgan fingerprint density at radius 1 is 1.45 bits per heavy atom. The number of amides is 2. The largest absolute Gasteiger partial charge is 0.334 e. The van der Waals surface area contributed by atoms with E-state index in [4.69, 9.17) is 17.3 Å². The molecule has 2 amide bonds. The molecule has 2 N–H and O–H groups in total. The van der Waals surface area contributed by atoms with E-state index in [1.165, 1.54) is 4.90 Å². The molecule has 1 aromatic carbocycles. The van der Waals surface area contributed by atoms with Crippen LogP contribution >= 0.6 is 24.0 Å². The number of likely N-dealkylation sites (N-methyl/N-ethyl adjacent to an activating group) is 1. The lowest BCUT2D eigenvalue weighted by Gasteiger charge is -2.24. The van der Waals surface area contributed by atoms with Gasteiger partial charge in [-0.15, -0.1) is 12.4 Å². The van der Waals surface area contributed by atoms with Crippen molar-refractivity contribution in [2.45, 2.75) is 25.3 Å². The number of carbonyl (C=O) groups excluding carboxylic acids is 2. The maximum absolute atomic E-state index is 12.5. The molecule has 2 rings (SSSR count). The van der Waals surface area contributed by atoms with Gasteiger partial charge in [-0.1, -0.05) is 23.7 Å². The highest BCUT2D eigenvalue weighted by Crippen LogP contribution is 2.30. The molecular weight excluding hydrogens is 325 g/mol. The van der Waals surface area contributed by atoms with Crippen molar-refractivity contribution in [3.8, 4) is 0 Å². The number of carbonyl (C=O) groups is 2. The summed E-state index contributed by atoms with van der Waals surface area (Å²) in [7, 11) is 1.68. The molecule has 22 heavy (non-hydrogen) atoms. The van der Waals surface area contributed by atoms with Crippen molar-refractivity contribution in [3.63, 3.8) is 0 Å². The topological polar surface area (TPSA) is 66.6 Å². The molecule has 0 spiro atoms. The van der Waals surface area contributed by atoms with Crippen LogP contribution in [-0.2, 0) is 9.59 Å². The molecule has 1 unspecified atom stereocenters. The molecular formula is C15H21Cl2N3O2. The summed E-state index contributed by atoms with van der Waals surface area (Å²) in [6.07, 6.45) is 1.64. The molecule has 0 bridgehead atoms. The van der Waals surface area contributed by atoms with Crippen LogP contribution in [-0.4, -0.2) is 42.9 Å². The van der Waals surface area contributed by atoms with Crippen molar-refractivity contribution in [1.29, 1.82) is 0 Å². The van der Waals surface area contributed by atoms with Crippen molar-refractivity contribution < 1.29 is 9.59 Å². The summed E-state index contributed by atoms with van der Waals surface area (Å²) in [4.78, 5) is 27.7. The number of hydrogen-bond donors (Lipinski definition) is 1. The van der Waals surface area contributed by atoms with Crippen LogP contribution in [0.2, 0.25) is 5.02 Å². The number of nitrogens with zero attached hydrogens (tertiary/aromatic N) is 2. The highest BCUT2D eigenvalue weighted by molar-refractivity contribution is 6.34. The predicted octanol–water partition coefficient (Wildman–Crippen LogP) is 2.06. The quantitative estimate of drug-likeness (QED) is 0.888. The Balaban J connectivity index is 0.00000242. The smallest absolute Gasteiger partial charge is 0.249 e. The Labute approximate surface area is 141 Å². The average Bonchev–Trinajstić information content (AvgIpc) is 2.86. The fourth-order valence-electron chi connectivity index (χ4n) is 2.54. The summed E-state index contributed by atoms with van der Waals surface area (Å²) in [5.41, 5.74) is 6.12. The summed E-state index contributed by atoms with van der Waals surface area (Å²) < 4.78 is 0. The normalized spacial score (nSPS) is 17.3. The van der Waals surface area contributed by atoms with Crippen LogP contribution in [0.4, 0.5) is 5.69 Å². The van der Waals surface area contributed by atoms with Gasteiger partial charge in [-0.2, -0.15) is 0 Å². The van der Waals surface area contributed by atoms with E-state index in [0.29, 0.717) is 43.1 Å². The highest BCUT2D eigenvalue weighted by atomic mass is 35.5. The number of hydrogen-bond acceptors (Lipinski definition) is 3. The first-order valence-corrected chi connectivity index (χ1v) is 7.45. The Morgan fingerprint density at radius 3 is 2.77 bits per heavy atom. The molecule has 0 saturated carbocycles. The van der Waals surface area contributed by atoms with Crippen molar-refractivity contribution in [2.24, 2.45) is 5.73 Å². The van der Waals surface area contributed by atoms with E-state index in [9.17, 15) is 9.59 Å². The third-order valence-corrected chi connectivity index (χ3v) is 4.10. The minimum Gasteiger partial charge on any atom is -0.334 e. The summed E-state index contributed by atoms with van der Waals surface area (Å²) >= 11 is 6.14. The second kappa shape index (κ2) is 8.36. The molecule has 1 aliphatic rings. The second-order valence-corrected chi connectivity index (χ2v) is 5.55. The monoisotopic (exact) mass is 345 g/mol. The zero-order chi connectivity index (χ0) is 15.4. The van der Waals surface area contributed by atoms with Crippen LogP contribution in [0.15, 0.2) is 24.3 Å². The molecule has 122 valence electrons. The molecule has 5 nitrogen and oxygen atoms in total. The lowest BCUT2D eigenvalue weighted by Crippen LogP contribution is -2.43. The Kier molecular flexibility index (Phi) is 7.13. The SMILES string of the molecule is CN(C(=O)CCCN)C1CCN(c2ccccc2Cl)C1=O.Cl. The zero-order valence-corrected chi connectivity index (χ0v) is 14.1. The van der Waals surface area contributed by atoms with Crippen molar-refractivity contribution in [1.82, 2.24) is 4.90 Å². The highest BCUT2D eigenvalue weighted by Gasteiger charge is 2.37. The van der Waals surface area contributed by atoms with Gasteiger partial charge in [0.15, 0.2) is 0 Å². The minimum absolute atomic E-state index is 0. The van der Waals surface area contributed by atoms with Gasteiger partial charge in [-0.3, -0.25) is 9.59 Å². The van der Waals surface area contributed by atoms with E-state index >= 15 is 0 Å². The van der Waals surface area contributed by atoms with Gasteiger partial charge in [-0.05, 0) is 31.5 Å². The Morgan fingerprint density at radius 2 is 2.14 bits per heavy atom. The number of para-hydroxylation sites is 1. The van der Waals surface area contributed by atoms with Crippen molar-refractivity contribution in [3.05, 3.63) is 29.3 Å². The minimum atomic E-state index is -0.411. The van der Waals surface area contributed by atoms with Gasteiger partial charge < -0.3 is 15.5 Å². The van der Waals surface area contributed by atoms with Gasteiger partial charge in [0.1, 0.15) is 6.04 Å². The number of halogens is 2. The van der Waals surface area contributed by atoms with Crippen molar-refractivity contribution >= 4 is 41.5 Å². The molecule has 1 atom stereocenters. The van der Waals surface area contributed by atoms with Crippen LogP contribution < -0.4 is 10.6 Å². The molecule has 7 heteroatoms. The van der Waals surface area contributed by atoms with Crippen LogP contribution in [0.25, 0.3) is 0 Å². The number of anilines is 1. The number of nitrogens with two attached hydrogens (primary N) is 1. The standard InChI is InChI=1S/C15H20ClN3O2.ClH/c1-18(14(20)7-4-9-17)13-8-10-19(15(13)21)12-6-3-2-5-11(12)16;/h2-3,5-6,13H,4,7-10,17H2,1H3;1H. The maximum Gasteiger partial charge on any atom is 0.249 e. The summed E-state index contributed by atoms with van der Waals surface area (Å²) in [6.45, 7) is 1.05. The van der Waals surface area contributed by atoms with Crippen LogP contribution in [0.3, 0.4) is 0 Å². The third-order valence-electron chi connectivity index (χ3n) is 3.78. The molecule has 1 aromatic rings. The van der Waals surface area contributed by atoms with Gasteiger partial charge >= 0.3 is 0 Å². The Hall–Kier alpha value is -1.30. The van der Waals surface area contributed by atoms with Crippen molar-refractivity contribution in [2.75, 3.05) is 25.0 Å². The van der Waals surface area contributed by atoms with Gasteiger partial charge in [0.05, 0.1) is 10.7 Å². The lowest BCUT2D eigenvalue weighted by atomic mass is 10.2. The molecule has 1 aliphatic heterocycles.